The molecule has 2 aromatic rings. The Morgan fingerprint density at radius 2 is 1.75 bits per heavy atom. The van der Waals surface area contributed by atoms with Crippen molar-refractivity contribution in [2.75, 3.05) is 6.61 Å². The predicted octanol–water partition coefficient (Wildman–Crippen LogP) is 2.58. The molecule has 0 saturated heterocycles. The van der Waals surface area contributed by atoms with Gasteiger partial charge in [-0.1, -0.05) is 48.5 Å². The summed E-state index contributed by atoms with van der Waals surface area (Å²) in [6.45, 7) is 0.0285. The molecule has 5 nitrogen and oxygen atoms in total. The van der Waals surface area contributed by atoms with E-state index < -0.39 is 15.9 Å². The second kappa shape index (κ2) is 6.72. The van der Waals surface area contributed by atoms with Crippen LogP contribution in [0.3, 0.4) is 0 Å². The molecule has 122 valence electrons. The summed E-state index contributed by atoms with van der Waals surface area (Å²) >= 11 is 0. The van der Waals surface area contributed by atoms with Crippen LogP contribution in [0.5, 0.6) is 5.75 Å². The van der Waals surface area contributed by atoms with E-state index in [9.17, 15) is 13.2 Å². The third-order valence-electron chi connectivity index (χ3n) is 3.40. The zero-order chi connectivity index (χ0) is 17.0. The maximum atomic E-state index is 12.2. The Morgan fingerprint density at radius 1 is 1.04 bits per heavy atom. The van der Waals surface area contributed by atoms with Crippen LogP contribution in [0, 0.1) is 0 Å². The zero-order valence-corrected chi connectivity index (χ0v) is 13.5. The minimum atomic E-state index is -3.88. The van der Waals surface area contributed by atoms with E-state index in [0.29, 0.717) is 5.75 Å². The summed E-state index contributed by atoms with van der Waals surface area (Å²) in [5.74, 6) is -0.0249. The van der Waals surface area contributed by atoms with Gasteiger partial charge in [0.25, 0.3) is 15.9 Å². The number of fused-ring (bicyclic) bond motifs is 1. The highest BCUT2D eigenvalue weighted by atomic mass is 32.2. The number of hydrogen-bond acceptors (Lipinski definition) is 4. The lowest BCUT2D eigenvalue weighted by Gasteiger charge is -2.17. The van der Waals surface area contributed by atoms with Gasteiger partial charge in [-0.05, 0) is 23.8 Å². The molecule has 0 spiro atoms. The van der Waals surface area contributed by atoms with Crippen molar-refractivity contribution in [3.63, 3.8) is 0 Å². The van der Waals surface area contributed by atoms with Crippen molar-refractivity contribution in [3.05, 3.63) is 76.7 Å². The first-order chi connectivity index (χ1) is 11.5. The number of para-hydroxylation sites is 1. The molecule has 0 radical (unpaired) electrons. The lowest BCUT2D eigenvalue weighted by atomic mass is 10.1. The molecular weight excluding hydrogens is 326 g/mol. The Labute approximate surface area is 140 Å². The molecule has 0 atom stereocenters. The molecule has 0 bridgehead atoms. The molecular formula is C18H15NO4S. The topological polar surface area (TPSA) is 72.5 Å². The summed E-state index contributed by atoms with van der Waals surface area (Å²) < 4.78 is 31.5. The van der Waals surface area contributed by atoms with Gasteiger partial charge in [0.15, 0.2) is 0 Å². The van der Waals surface area contributed by atoms with Crippen molar-refractivity contribution in [3.8, 4) is 5.75 Å². The average molecular weight is 341 g/mol. The van der Waals surface area contributed by atoms with Crippen molar-refractivity contribution < 1.29 is 17.9 Å². The second-order valence-corrected chi connectivity index (χ2v) is 6.75. The van der Waals surface area contributed by atoms with Gasteiger partial charge in [-0.2, -0.15) is 0 Å². The number of nitrogens with one attached hydrogen (secondary N) is 1. The van der Waals surface area contributed by atoms with Gasteiger partial charge < -0.3 is 4.74 Å². The minimum absolute atomic E-state index is 0.0285. The quantitative estimate of drug-likeness (QED) is 0.928. The summed E-state index contributed by atoms with van der Waals surface area (Å²) in [6.07, 6.45) is 3.06. The number of benzene rings is 2. The fourth-order valence-corrected chi connectivity index (χ4v) is 3.00. The van der Waals surface area contributed by atoms with Crippen molar-refractivity contribution in [1.29, 1.82) is 0 Å². The monoisotopic (exact) mass is 341 g/mol. The van der Waals surface area contributed by atoms with Crippen LogP contribution in [0.25, 0.3) is 12.2 Å². The smallest absolute Gasteiger partial charge is 0.264 e. The number of ether oxygens (including phenoxy) is 1. The number of carbonyl (C=O) groups excluding carboxylic acids is 1. The SMILES string of the molecule is O=C(NS(=O)(=O)/C=C/c1ccccc1)C1=Cc2ccccc2OC1. The molecule has 24 heavy (non-hydrogen) atoms. The van der Waals surface area contributed by atoms with Gasteiger partial charge in [-0.15, -0.1) is 0 Å². The van der Waals surface area contributed by atoms with Gasteiger partial charge in [-0.3, -0.25) is 4.79 Å². The molecule has 0 aliphatic carbocycles. The van der Waals surface area contributed by atoms with E-state index in [1.165, 1.54) is 6.08 Å². The lowest BCUT2D eigenvalue weighted by molar-refractivity contribution is -0.116. The number of rotatable bonds is 4. The Balaban J connectivity index is 1.73. The van der Waals surface area contributed by atoms with Crippen LogP contribution >= 0.6 is 0 Å². The summed E-state index contributed by atoms with van der Waals surface area (Å²) in [6, 6.07) is 16.2. The summed E-state index contributed by atoms with van der Waals surface area (Å²) in [5.41, 5.74) is 1.72. The largest absolute Gasteiger partial charge is 0.488 e. The van der Waals surface area contributed by atoms with E-state index in [1.807, 2.05) is 22.9 Å². The van der Waals surface area contributed by atoms with Gasteiger partial charge in [0, 0.05) is 5.56 Å². The highest BCUT2D eigenvalue weighted by Crippen LogP contribution is 2.25. The molecule has 1 aliphatic rings. The van der Waals surface area contributed by atoms with Gasteiger partial charge in [-0.25, -0.2) is 13.1 Å². The second-order valence-electron chi connectivity index (χ2n) is 5.19. The summed E-state index contributed by atoms with van der Waals surface area (Å²) in [7, 11) is -3.88. The molecule has 3 rings (SSSR count). The molecule has 0 aromatic heterocycles. The molecule has 6 heteroatoms. The van der Waals surface area contributed by atoms with Crippen molar-refractivity contribution >= 4 is 28.1 Å². The van der Waals surface area contributed by atoms with Crippen LogP contribution in [0.2, 0.25) is 0 Å². The van der Waals surface area contributed by atoms with Crippen LogP contribution in [0.4, 0.5) is 0 Å². The molecule has 0 unspecified atom stereocenters. The lowest BCUT2D eigenvalue weighted by Crippen LogP contribution is -2.32. The molecule has 1 amide bonds. The number of amides is 1. The molecule has 1 heterocycles. The normalized spacial score (nSPS) is 13.8. The van der Waals surface area contributed by atoms with Crippen LogP contribution in [-0.2, 0) is 14.8 Å². The van der Waals surface area contributed by atoms with Gasteiger partial charge in [0.05, 0.1) is 11.0 Å². The third kappa shape index (κ3) is 3.91. The van der Waals surface area contributed by atoms with Gasteiger partial charge in [0.1, 0.15) is 12.4 Å². The predicted molar refractivity (Wildman–Crippen MR) is 92.5 cm³/mol. The van der Waals surface area contributed by atoms with E-state index in [4.69, 9.17) is 4.74 Å². The van der Waals surface area contributed by atoms with E-state index in [1.54, 1.807) is 42.5 Å². The molecule has 0 saturated carbocycles. The highest BCUT2D eigenvalue weighted by Gasteiger charge is 2.20. The number of carbonyl (C=O) groups is 1. The van der Waals surface area contributed by atoms with E-state index >= 15 is 0 Å². The summed E-state index contributed by atoms with van der Waals surface area (Å²) in [4.78, 5) is 12.2. The van der Waals surface area contributed by atoms with E-state index in [2.05, 4.69) is 0 Å². The van der Waals surface area contributed by atoms with Crippen LogP contribution in [0.1, 0.15) is 11.1 Å². The van der Waals surface area contributed by atoms with Gasteiger partial charge >= 0.3 is 0 Å². The molecule has 2 aromatic carbocycles. The van der Waals surface area contributed by atoms with Crippen molar-refractivity contribution in [2.45, 2.75) is 0 Å². The Kier molecular flexibility index (Phi) is 4.48. The van der Waals surface area contributed by atoms with Crippen LogP contribution in [0.15, 0.2) is 65.6 Å². The first kappa shape index (κ1) is 16.0. The molecule has 1 aliphatic heterocycles. The highest BCUT2D eigenvalue weighted by molar-refractivity contribution is 7.93. The Morgan fingerprint density at radius 3 is 2.54 bits per heavy atom. The van der Waals surface area contributed by atoms with Gasteiger partial charge in [0.2, 0.25) is 0 Å². The first-order valence-corrected chi connectivity index (χ1v) is 8.81. The zero-order valence-electron chi connectivity index (χ0n) is 12.7. The van der Waals surface area contributed by atoms with Crippen LogP contribution in [-0.4, -0.2) is 20.9 Å². The standard InChI is InChI=1S/C18H15NO4S/c20-18(16-12-15-8-4-5-9-17(15)23-13-16)19-24(21,22)11-10-14-6-2-1-3-7-14/h1-12H,13H2,(H,19,20)/b11-10+. The molecule has 0 fully saturated rings. The fraction of sp³-hybridized carbons (Fsp3) is 0.0556. The van der Waals surface area contributed by atoms with E-state index in [0.717, 1.165) is 16.5 Å². The molecule has 1 N–H and O–H groups in total. The first-order valence-electron chi connectivity index (χ1n) is 7.26. The number of sulfonamides is 1. The Hall–Kier alpha value is -2.86. The Bertz CT molecular complexity index is 915. The van der Waals surface area contributed by atoms with Crippen LogP contribution < -0.4 is 9.46 Å². The maximum absolute atomic E-state index is 12.2. The van der Waals surface area contributed by atoms with Crippen molar-refractivity contribution in [2.24, 2.45) is 0 Å². The third-order valence-corrected chi connectivity index (χ3v) is 4.36. The average Bonchev–Trinajstić information content (AvgIpc) is 2.60. The fourth-order valence-electron chi connectivity index (χ4n) is 2.21. The van der Waals surface area contributed by atoms with Crippen molar-refractivity contribution in [1.82, 2.24) is 4.72 Å². The maximum Gasteiger partial charge on any atom is 0.264 e. The van der Waals surface area contributed by atoms with E-state index in [-0.39, 0.29) is 12.2 Å². The minimum Gasteiger partial charge on any atom is -0.488 e. The number of hydrogen-bond donors (Lipinski definition) is 1. The summed E-state index contributed by atoms with van der Waals surface area (Å²) in [5, 5.41) is 0.971.